The lowest BCUT2D eigenvalue weighted by atomic mass is 10.0. The highest BCUT2D eigenvalue weighted by molar-refractivity contribution is 7.91. The predicted molar refractivity (Wildman–Crippen MR) is 85.6 cm³/mol. The molecule has 0 amide bonds. The zero-order valence-corrected chi connectivity index (χ0v) is 13.7. The molecule has 1 heterocycles. The Labute approximate surface area is 135 Å². The Morgan fingerprint density at radius 3 is 2.39 bits per heavy atom. The average Bonchev–Trinajstić information content (AvgIpc) is 3.37. The molecule has 23 heavy (non-hydrogen) atoms. The number of anilines is 1. The molecule has 7 heteroatoms. The van der Waals surface area contributed by atoms with Crippen LogP contribution in [-0.2, 0) is 9.84 Å². The van der Waals surface area contributed by atoms with E-state index in [0.717, 1.165) is 25.3 Å². The Morgan fingerprint density at radius 1 is 1.13 bits per heavy atom. The quantitative estimate of drug-likeness (QED) is 0.862. The van der Waals surface area contributed by atoms with E-state index in [1.54, 1.807) is 12.1 Å². The molecule has 1 aromatic rings. The van der Waals surface area contributed by atoms with E-state index in [4.69, 9.17) is 0 Å². The summed E-state index contributed by atoms with van der Waals surface area (Å²) < 4.78 is 49.5. The van der Waals surface area contributed by atoms with E-state index < -0.39 is 15.6 Å². The van der Waals surface area contributed by atoms with Crippen molar-refractivity contribution < 1.29 is 17.2 Å². The number of para-hydroxylation sites is 1. The molecule has 3 rings (SSSR count). The molecular weight excluding hydrogens is 322 g/mol. The number of rotatable bonds is 6. The first-order valence-corrected chi connectivity index (χ1v) is 9.62. The summed E-state index contributed by atoms with van der Waals surface area (Å²) in [5.41, 5.74) is 0.397. The van der Waals surface area contributed by atoms with Gasteiger partial charge in [-0.1, -0.05) is 12.1 Å². The lowest BCUT2D eigenvalue weighted by molar-refractivity contribution is 0.234. The Bertz CT molecular complexity index is 639. The van der Waals surface area contributed by atoms with Crippen LogP contribution < -0.4 is 10.2 Å². The van der Waals surface area contributed by atoms with Crippen LogP contribution in [-0.4, -0.2) is 39.9 Å². The number of hydrogen-bond acceptors (Lipinski definition) is 4. The van der Waals surface area contributed by atoms with Crippen molar-refractivity contribution in [2.24, 2.45) is 5.92 Å². The lowest BCUT2D eigenvalue weighted by Crippen LogP contribution is -2.43. The molecule has 1 aliphatic carbocycles. The predicted octanol–water partition coefficient (Wildman–Crippen LogP) is 2.65. The normalized spacial score (nSPS) is 20.2. The maximum absolute atomic E-state index is 12.9. The van der Waals surface area contributed by atoms with Gasteiger partial charge in [0.15, 0.2) is 0 Å². The summed E-state index contributed by atoms with van der Waals surface area (Å²) in [7, 11) is -4.57. The molecule has 1 aromatic carbocycles. The van der Waals surface area contributed by atoms with Gasteiger partial charge in [-0.15, -0.1) is 0 Å². The zero-order valence-electron chi connectivity index (χ0n) is 12.9. The van der Waals surface area contributed by atoms with Crippen LogP contribution in [0.3, 0.4) is 0 Å². The van der Waals surface area contributed by atoms with E-state index in [1.807, 2.05) is 4.90 Å². The third-order valence-corrected chi connectivity index (χ3v) is 6.06. The molecule has 1 saturated heterocycles. The van der Waals surface area contributed by atoms with Gasteiger partial charge in [-0.25, -0.2) is 8.42 Å². The number of halogens is 2. The first-order chi connectivity index (χ1) is 11.0. The first kappa shape index (κ1) is 16.6. The van der Waals surface area contributed by atoms with Crippen LogP contribution in [0.25, 0.3) is 0 Å². The molecule has 0 bridgehead atoms. The summed E-state index contributed by atoms with van der Waals surface area (Å²) in [6.45, 7) is 2.41. The largest absolute Gasteiger partial charge is 0.370 e. The highest BCUT2D eigenvalue weighted by Crippen LogP contribution is 2.31. The Balaban J connectivity index is 1.68. The van der Waals surface area contributed by atoms with Crippen molar-refractivity contribution >= 4 is 15.5 Å². The number of alkyl halides is 2. The molecular formula is C16H22F2N2O2S. The van der Waals surface area contributed by atoms with Crippen molar-refractivity contribution in [2.45, 2.75) is 42.4 Å². The summed E-state index contributed by atoms with van der Waals surface area (Å²) in [5, 5.41) is 3.55. The minimum atomic E-state index is -4.57. The summed E-state index contributed by atoms with van der Waals surface area (Å²) in [6, 6.07) is 6.51. The van der Waals surface area contributed by atoms with Crippen molar-refractivity contribution in [1.82, 2.24) is 5.32 Å². The Morgan fingerprint density at radius 2 is 1.78 bits per heavy atom. The molecule has 0 atom stereocenters. The SMILES string of the molecule is O=S(=O)(c1ccccc1N1CCC(NCC2CC2)CC1)C(F)F. The zero-order chi connectivity index (χ0) is 16.4. The molecule has 0 unspecified atom stereocenters. The number of nitrogens with zero attached hydrogens (tertiary/aromatic N) is 1. The third kappa shape index (κ3) is 3.83. The second kappa shape index (κ2) is 6.73. The summed E-state index contributed by atoms with van der Waals surface area (Å²) in [4.78, 5) is 1.64. The smallest absolute Gasteiger partial charge is 0.341 e. The second-order valence-corrected chi connectivity index (χ2v) is 8.27. The van der Waals surface area contributed by atoms with Gasteiger partial charge in [-0.05, 0) is 50.3 Å². The van der Waals surface area contributed by atoms with Gasteiger partial charge in [0.2, 0.25) is 9.84 Å². The standard InChI is InChI=1S/C16H22F2N2O2S/c17-16(18)23(21,22)15-4-2-1-3-14(15)20-9-7-13(8-10-20)19-11-12-5-6-12/h1-4,12-13,16,19H,5-11H2. The fourth-order valence-corrected chi connectivity index (χ4v) is 3.98. The van der Waals surface area contributed by atoms with Crippen LogP contribution in [0.15, 0.2) is 29.2 Å². The molecule has 0 spiro atoms. The number of sulfone groups is 1. The monoisotopic (exact) mass is 344 g/mol. The van der Waals surface area contributed by atoms with Crippen molar-refractivity contribution in [3.8, 4) is 0 Å². The molecule has 2 aliphatic rings. The van der Waals surface area contributed by atoms with E-state index in [1.165, 1.54) is 25.0 Å². The number of hydrogen-bond donors (Lipinski definition) is 1. The van der Waals surface area contributed by atoms with Gasteiger partial charge in [0.1, 0.15) is 0 Å². The highest BCUT2D eigenvalue weighted by atomic mass is 32.2. The molecule has 4 nitrogen and oxygen atoms in total. The van der Waals surface area contributed by atoms with E-state index in [0.29, 0.717) is 24.8 Å². The number of piperidine rings is 1. The van der Waals surface area contributed by atoms with Gasteiger partial charge in [0, 0.05) is 19.1 Å². The van der Waals surface area contributed by atoms with Crippen molar-refractivity contribution in [2.75, 3.05) is 24.5 Å². The molecule has 2 fully saturated rings. The summed E-state index contributed by atoms with van der Waals surface area (Å²) >= 11 is 0. The fourth-order valence-electron chi connectivity index (χ4n) is 3.03. The Hall–Kier alpha value is -1.21. The molecule has 0 radical (unpaired) electrons. The first-order valence-electron chi connectivity index (χ1n) is 8.08. The highest BCUT2D eigenvalue weighted by Gasteiger charge is 2.31. The van der Waals surface area contributed by atoms with Crippen LogP contribution in [0.2, 0.25) is 0 Å². The third-order valence-electron chi connectivity index (χ3n) is 4.63. The average molecular weight is 344 g/mol. The van der Waals surface area contributed by atoms with Gasteiger partial charge in [0.25, 0.3) is 0 Å². The summed E-state index contributed by atoms with van der Waals surface area (Å²) in [6.07, 6.45) is 4.42. The van der Waals surface area contributed by atoms with Crippen LogP contribution in [0.4, 0.5) is 14.5 Å². The molecule has 1 N–H and O–H groups in total. The van der Waals surface area contributed by atoms with Crippen LogP contribution in [0, 0.1) is 5.92 Å². The number of nitrogens with one attached hydrogen (secondary N) is 1. The van der Waals surface area contributed by atoms with E-state index in [2.05, 4.69) is 5.32 Å². The maximum Gasteiger partial charge on any atom is 0.341 e. The van der Waals surface area contributed by atoms with Crippen LogP contribution in [0.5, 0.6) is 0 Å². The summed E-state index contributed by atoms with van der Waals surface area (Å²) in [5.74, 6) is -2.56. The van der Waals surface area contributed by atoms with Gasteiger partial charge in [0.05, 0.1) is 10.6 Å². The Kier molecular flexibility index (Phi) is 4.87. The van der Waals surface area contributed by atoms with Crippen LogP contribution >= 0.6 is 0 Å². The second-order valence-electron chi connectivity index (χ2n) is 6.39. The minimum Gasteiger partial charge on any atom is -0.370 e. The molecule has 1 saturated carbocycles. The minimum absolute atomic E-state index is 0.264. The maximum atomic E-state index is 12.9. The van der Waals surface area contributed by atoms with Gasteiger partial charge in [-0.3, -0.25) is 0 Å². The lowest BCUT2D eigenvalue weighted by Gasteiger charge is -2.35. The van der Waals surface area contributed by atoms with Crippen LogP contribution in [0.1, 0.15) is 25.7 Å². The van der Waals surface area contributed by atoms with Crippen molar-refractivity contribution in [3.63, 3.8) is 0 Å². The van der Waals surface area contributed by atoms with Gasteiger partial charge >= 0.3 is 5.76 Å². The number of benzene rings is 1. The van der Waals surface area contributed by atoms with Gasteiger partial charge in [-0.2, -0.15) is 8.78 Å². The molecule has 128 valence electrons. The van der Waals surface area contributed by atoms with Crippen molar-refractivity contribution in [3.05, 3.63) is 24.3 Å². The molecule has 0 aromatic heterocycles. The topological polar surface area (TPSA) is 49.4 Å². The van der Waals surface area contributed by atoms with E-state index >= 15 is 0 Å². The van der Waals surface area contributed by atoms with Crippen molar-refractivity contribution in [1.29, 1.82) is 0 Å². The fraction of sp³-hybridized carbons (Fsp3) is 0.625. The molecule has 1 aliphatic heterocycles. The van der Waals surface area contributed by atoms with E-state index in [-0.39, 0.29) is 4.90 Å². The van der Waals surface area contributed by atoms with Gasteiger partial charge < -0.3 is 10.2 Å². The van der Waals surface area contributed by atoms with E-state index in [9.17, 15) is 17.2 Å².